The van der Waals surface area contributed by atoms with Crippen molar-refractivity contribution in [3.05, 3.63) is 70.3 Å². The lowest BCUT2D eigenvalue weighted by Crippen LogP contribution is -2.46. The first-order valence-corrected chi connectivity index (χ1v) is 10.1. The Labute approximate surface area is 175 Å². The topological polar surface area (TPSA) is 12.0 Å². The fourth-order valence-electron chi connectivity index (χ4n) is 5.06. The molecule has 0 amide bonds. The van der Waals surface area contributed by atoms with Crippen molar-refractivity contribution in [2.24, 2.45) is 0 Å². The SMILES string of the molecule is CC(F)(c1ccc2c(c1)CCC1NCCC21Cc1ccc(C(F)(F)F)cc1)C(F)(F)F. The van der Waals surface area contributed by atoms with E-state index in [9.17, 15) is 30.7 Å². The minimum atomic E-state index is -5.02. The average Bonchev–Trinajstić information content (AvgIpc) is 3.10. The molecule has 0 saturated carbocycles. The number of nitrogens with one attached hydrogen (secondary N) is 1. The number of aryl methyl sites for hydroxylation is 1. The van der Waals surface area contributed by atoms with Crippen molar-refractivity contribution in [1.82, 2.24) is 5.32 Å². The molecule has 0 aromatic heterocycles. The summed E-state index contributed by atoms with van der Waals surface area (Å²) in [6, 6.07) is 9.16. The van der Waals surface area contributed by atoms with E-state index in [1.54, 1.807) is 6.07 Å². The van der Waals surface area contributed by atoms with Gasteiger partial charge in [0.25, 0.3) is 0 Å². The lowest BCUT2D eigenvalue weighted by Gasteiger charge is -2.42. The second-order valence-electron chi connectivity index (χ2n) is 8.70. The summed E-state index contributed by atoms with van der Waals surface area (Å²) in [5.74, 6) is 0. The van der Waals surface area contributed by atoms with Gasteiger partial charge < -0.3 is 5.32 Å². The molecule has 1 aliphatic heterocycles. The molecule has 31 heavy (non-hydrogen) atoms. The zero-order chi connectivity index (χ0) is 22.7. The molecule has 2 aromatic carbocycles. The standard InChI is InChI=1S/C23H22F7N/c1-20(24,23(28,29)30)17-7-8-18-15(12-17)4-9-19-21(18,10-11-31-19)13-14-2-5-16(6-3-14)22(25,26)27/h2-3,5-8,12,19,31H,4,9-11,13H2,1H3. The maximum absolute atomic E-state index is 14.5. The van der Waals surface area contributed by atoms with E-state index in [1.165, 1.54) is 24.3 Å². The molecule has 0 bridgehead atoms. The van der Waals surface area contributed by atoms with Gasteiger partial charge >= 0.3 is 12.4 Å². The molecule has 3 unspecified atom stereocenters. The van der Waals surface area contributed by atoms with Gasteiger partial charge in [-0.05, 0) is 73.5 Å². The van der Waals surface area contributed by atoms with Crippen LogP contribution < -0.4 is 5.32 Å². The van der Waals surface area contributed by atoms with Gasteiger partial charge in [-0.15, -0.1) is 0 Å². The van der Waals surface area contributed by atoms with E-state index in [0.717, 1.165) is 23.3 Å². The number of hydrogen-bond acceptors (Lipinski definition) is 1. The van der Waals surface area contributed by atoms with Crippen LogP contribution in [0.2, 0.25) is 0 Å². The Morgan fingerprint density at radius 2 is 1.58 bits per heavy atom. The number of hydrogen-bond donors (Lipinski definition) is 1. The number of benzene rings is 2. The molecule has 1 aliphatic carbocycles. The summed E-state index contributed by atoms with van der Waals surface area (Å²) in [5, 5.41) is 3.43. The highest BCUT2D eigenvalue weighted by molar-refractivity contribution is 5.46. The molecular weight excluding hydrogens is 423 g/mol. The molecule has 1 N–H and O–H groups in total. The third-order valence-corrected chi connectivity index (χ3v) is 6.85. The van der Waals surface area contributed by atoms with Crippen LogP contribution in [0.4, 0.5) is 30.7 Å². The van der Waals surface area contributed by atoms with Gasteiger partial charge in [0.05, 0.1) is 5.56 Å². The van der Waals surface area contributed by atoms with Crippen molar-refractivity contribution in [3.63, 3.8) is 0 Å². The van der Waals surface area contributed by atoms with Gasteiger partial charge in [0.2, 0.25) is 5.67 Å². The van der Waals surface area contributed by atoms with E-state index in [2.05, 4.69) is 5.32 Å². The van der Waals surface area contributed by atoms with Crippen molar-refractivity contribution in [3.8, 4) is 0 Å². The molecule has 0 radical (unpaired) electrons. The molecule has 1 saturated heterocycles. The van der Waals surface area contributed by atoms with Gasteiger partial charge in [0.15, 0.2) is 0 Å². The van der Waals surface area contributed by atoms with E-state index in [1.807, 2.05) is 0 Å². The van der Waals surface area contributed by atoms with Crippen molar-refractivity contribution in [1.29, 1.82) is 0 Å². The van der Waals surface area contributed by atoms with Crippen molar-refractivity contribution >= 4 is 0 Å². The number of alkyl halides is 7. The maximum atomic E-state index is 14.5. The summed E-state index contributed by atoms with van der Waals surface area (Å²) in [4.78, 5) is 0. The fourth-order valence-corrected chi connectivity index (χ4v) is 5.06. The van der Waals surface area contributed by atoms with E-state index < -0.39 is 34.6 Å². The predicted molar refractivity (Wildman–Crippen MR) is 103 cm³/mol. The molecule has 1 fully saturated rings. The predicted octanol–water partition coefficient (Wildman–Crippen LogP) is 6.24. The summed E-state index contributed by atoms with van der Waals surface area (Å²) in [7, 11) is 0. The molecule has 1 heterocycles. The molecule has 4 rings (SSSR count). The first kappa shape index (κ1) is 22.1. The van der Waals surface area contributed by atoms with Gasteiger partial charge in [-0.1, -0.05) is 30.3 Å². The van der Waals surface area contributed by atoms with Crippen LogP contribution in [0, 0.1) is 0 Å². The molecule has 3 atom stereocenters. The zero-order valence-electron chi connectivity index (χ0n) is 16.8. The van der Waals surface area contributed by atoms with Crippen LogP contribution in [0.15, 0.2) is 42.5 Å². The van der Waals surface area contributed by atoms with Crippen molar-refractivity contribution < 1.29 is 30.7 Å². The van der Waals surface area contributed by atoms with Crippen LogP contribution in [-0.4, -0.2) is 18.8 Å². The minimum absolute atomic E-state index is 0.0625. The van der Waals surface area contributed by atoms with E-state index in [0.29, 0.717) is 44.7 Å². The second-order valence-corrected chi connectivity index (χ2v) is 8.70. The smallest absolute Gasteiger partial charge is 0.313 e. The first-order valence-electron chi connectivity index (χ1n) is 10.1. The van der Waals surface area contributed by atoms with Crippen LogP contribution in [0.3, 0.4) is 0 Å². The zero-order valence-corrected chi connectivity index (χ0v) is 16.8. The van der Waals surface area contributed by atoms with Gasteiger partial charge in [-0.2, -0.15) is 26.3 Å². The van der Waals surface area contributed by atoms with E-state index in [4.69, 9.17) is 0 Å². The summed E-state index contributed by atoms with van der Waals surface area (Å²) >= 11 is 0. The molecule has 1 nitrogen and oxygen atoms in total. The minimum Gasteiger partial charge on any atom is -0.313 e. The Kier molecular flexibility index (Phi) is 5.15. The summed E-state index contributed by atoms with van der Waals surface area (Å²) < 4.78 is 92.7. The highest BCUT2D eigenvalue weighted by atomic mass is 19.4. The highest BCUT2D eigenvalue weighted by Gasteiger charge is 2.54. The van der Waals surface area contributed by atoms with Crippen LogP contribution >= 0.6 is 0 Å². The second kappa shape index (κ2) is 7.22. The van der Waals surface area contributed by atoms with Crippen LogP contribution in [0.5, 0.6) is 0 Å². The Balaban J connectivity index is 1.71. The molecular formula is C23H22F7N. The van der Waals surface area contributed by atoms with E-state index >= 15 is 0 Å². The van der Waals surface area contributed by atoms with Crippen LogP contribution in [-0.2, 0) is 30.1 Å². The molecule has 0 spiro atoms. The third kappa shape index (κ3) is 3.73. The number of rotatable bonds is 3. The summed E-state index contributed by atoms with van der Waals surface area (Å²) in [6.07, 6.45) is -7.08. The first-order chi connectivity index (χ1) is 14.3. The number of halogens is 7. The number of fused-ring (bicyclic) bond motifs is 3. The molecule has 2 aliphatic rings. The van der Waals surface area contributed by atoms with Gasteiger partial charge in [-0.25, -0.2) is 4.39 Å². The highest BCUT2D eigenvalue weighted by Crippen LogP contribution is 2.48. The summed E-state index contributed by atoms with van der Waals surface area (Å²) in [6.45, 7) is 1.23. The third-order valence-electron chi connectivity index (χ3n) is 6.85. The Bertz CT molecular complexity index is 959. The van der Waals surface area contributed by atoms with Crippen molar-refractivity contribution in [2.75, 3.05) is 6.54 Å². The quantitative estimate of drug-likeness (QED) is 0.552. The van der Waals surface area contributed by atoms with Crippen molar-refractivity contribution in [2.45, 2.75) is 62.1 Å². The van der Waals surface area contributed by atoms with Gasteiger partial charge in [0.1, 0.15) is 0 Å². The Morgan fingerprint density at radius 3 is 2.19 bits per heavy atom. The lowest BCUT2D eigenvalue weighted by molar-refractivity contribution is -0.228. The van der Waals surface area contributed by atoms with E-state index in [-0.39, 0.29) is 6.04 Å². The molecule has 168 valence electrons. The Morgan fingerprint density at radius 1 is 0.935 bits per heavy atom. The normalized spacial score (nSPS) is 25.6. The maximum Gasteiger partial charge on any atom is 0.426 e. The van der Waals surface area contributed by atoms with Gasteiger partial charge in [-0.3, -0.25) is 0 Å². The largest absolute Gasteiger partial charge is 0.426 e. The summed E-state index contributed by atoms with van der Waals surface area (Å²) in [5.41, 5.74) is -2.78. The van der Waals surface area contributed by atoms with Crippen LogP contribution in [0.25, 0.3) is 0 Å². The fraction of sp³-hybridized carbons (Fsp3) is 0.478. The Hall–Kier alpha value is -2.09. The lowest BCUT2D eigenvalue weighted by atomic mass is 9.63. The monoisotopic (exact) mass is 445 g/mol. The molecule has 8 heteroatoms. The molecule has 2 aromatic rings. The average molecular weight is 445 g/mol. The van der Waals surface area contributed by atoms with Gasteiger partial charge in [0, 0.05) is 11.5 Å². The van der Waals surface area contributed by atoms with Crippen LogP contribution in [0.1, 0.15) is 47.6 Å².